The van der Waals surface area contributed by atoms with Crippen LogP contribution in [0.5, 0.6) is 0 Å². The third-order valence-electron chi connectivity index (χ3n) is 6.51. The number of rotatable bonds is 3. The number of nitrogens with zero attached hydrogens (tertiary/aromatic N) is 2. The third-order valence-corrected chi connectivity index (χ3v) is 6.51. The number of halogens is 1. The number of benzene rings is 1. The van der Waals surface area contributed by atoms with E-state index in [2.05, 4.69) is 20.8 Å². The van der Waals surface area contributed by atoms with Crippen molar-refractivity contribution in [2.24, 2.45) is 17.3 Å². The number of amides is 2. The first kappa shape index (κ1) is 20.8. The van der Waals surface area contributed by atoms with Gasteiger partial charge in [-0.25, -0.2) is 4.39 Å². The van der Waals surface area contributed by atoms with Crippen LogP contribution < -0.4 is 0 Å². The first-order valence-electron chi connectivity index (χ1n) is 10.5. The normalized spacial score (nSPS) is 23.6. The summed E-state index contributed by atoms with van der Waals surface area (Å²) in [6.07, 6.45) is 4.53. The SMILES string of the molecule is CC(C)(C)C1CCC(C(=O)N2CCN(C(=O)Cc3ccc(F)cc3)CC2)CC1. The predicted octanol–water partition coefficient (Wildman–Crippen LogP) is 3.89. The van der Waals surface area contributed by atoms with E-state index < -0.39 is 0 Å². The van der Waals surface area contributed by atoms with Crippen molar-refractivity contribution in [3.8, 4) is 0 Å². The standard InChI is InChI=1S/C23H33FN2O2/c1-23(2,3)19-8-6-18(7-9-19)22(28)26-14-12-25(13-15-26)21(27)16-17-4-10-20(24)11-5-17/h4-5,10-11,18-19H,6-9,12-16H2,1-3H3. The van der Waals surface area contributed by atoms with Crippen molar-refractivity contribution >= 4 is 11.8 Å². The lowest BCUT2D eigenvalue weighted by atomic mass is 9.69. The Morgan fingerprint density at radius 1 is 0.929 bits per heavy atom. The van der Waals surface area contributed by atoms with Crippen LogP contribution in [0.1, 0.15) is 52.0 Å². The Balaban J connectivity index is 1.45. The molecule has 1 aromatic rings. The summed E-state index contributed by atoms with van der Waals surface area (Å²) in [4.78, 5) is 29.2. The molecule has 1 saturated heterocycles. The molecule has 4 nitrogen and oxygen atoms in total. The van der Waals surface area contributed by atoms with Gasteiger partial charge in [-0.2, -0.15) is 0 Å². The highest BCUT2D eigenvalue weighted by atomic mass is 19.1. The molecule has 1 aromatic carbocycles. The fourth-order valence-corrected chi connectivity index (χ4v) is 4.53. The quantitative estimate of drug-likeness (QED) is 0.788. The van der Waals surface area contributed by atoms with Crippen molar-refractivity contribution in [3.05, 3.63) is 35.6 Å². The van der Waals surface area contributed by atoms with Gasteiger partial charge < -0.3 is 9.80 Å². The number of carbonyl (C=O) groups is 2. The average Bonchev–Trinajstić information content (AvgIpc) is 2.69. The molecule has 0 atom stereocenters. The number of piperazine rings is 1. The first-order chi connectivity index (χ1) is 13.2. The minimum atomic E-state index is -0.292. The maximum absolute atomic E-state index is 13.0. The molecule has 3 rings (SSSR count). The first-order valence-corrected chi connectivity index (χ1v) is 10.5. The molecule has 5 heteroatoms. The molecule has 2 fully saturated rings. The average molecular weight is 389 g/mol. The fourth-order valence-electron chi connectivity index (χ4n) is 4.53. The highest BCUT2D eigenvalue weighted by molar-refractivity contribution is 5.81. The molecule has 0 radical (unpaired) electrons. The van der Waals surface area contributed by atoms with Gasteiger partial charge in [-0.05, 0) is 54.7 Å². The Kier molecular flexibility index (Phi) is 6.41. The van der Waals surface area contributed by atoms with Gasteiger partial charge in [0.15, 0.2) is 0 Å². The van der Waals surface area contributed by atoms with Crippen LogP contribution in [0.3, 0.4) is 0 Å². The van der Waals surface area contributed by atoms with Crippen LogP contribution in [-0.4, -0.2) is 47.8 Å². The largest absolute Gasteiger partial charge is 0.339 e. The highest BCUT2D eigenvalue weighted by Gasteiger charge is 2.35. The van der Waals surface area contributed by atoms with E-state index in [-0.39, 0.29) is 30.0 Å². The van der Waals surface area contributed by atoms with Crippen LogP contribution in [0.4, 0.5) is 4.39 Å². The highest BCUT2D eigenvalue weighted by Crippen LogP contribution is 2.40. The summed E-state index contributed by atoms with van der Waals surface area (Å²) in [7, 11) is 0. The molecule has 1 aliphatic heterocycles. The van der Waals surface area contributed by atoms with Crippen LogP contribution in [0.15, 0.2) is 24.3 Å². The molecule has 0 unspecified atom stereocenters. The number of carbonyl (C=O) groups excluding carboxylic acids is 2. The second-order valence-electron chi connectivity index (χ2n) is 9.42. The Labute approximate surface area is 168 Å². The molecule has 1 saturated carbocycles. The maximum atomic E-state index is 13.0. The summed E-state index contributed by atoms with van der Waals surface area (Å²) >= 11 is 0. The molecule has 0 bridgehead atoms. The number of hydrogen-bond donors (Lipinski definition) is 0. The zero-order chi connectivity index (χ0) is 20.3. The van der Waals surface area contributed by atoms with E-state index >= 15 is 0 Å². The van der Waals surface area contributed by atoms with Crippen molar-refractivity contribution in [1.82, 2.24) is 9.80 Å². The predicted molar refractivity (Wildman–Crippen MR) is 108 cm³/mol. The molecule has 1 heterocycles. The molecular formula is C23H33FN2O2. The summed E-state index contributed by atoms with van der Waals surface area (Å²) in [5.41, 5.74) is 1.14. The van der Waals surface area contributed by atoms with Crippen molar-refractivity contribution in [2.75, 3.05) is 26.2 Å². The van der Waals surface area contributed by atoms with E-state index in [1.165, 1.54) is 12.1 Å². The van der Waals surface area contributed by atoms with Gasteiger partial charge in [-0.1, -0.05) is 32.9 Å². The van der Waals surface area contributed by atoms with E-state index in [9.17, 15) is 14.0 Å². The molecule has 0 aromatic heterocycles. The van der Waals surface area contributed by atoms with Gasteiger partial charge in [0, 0.05) is 32.1 Å². The number of hydrogen-bond acceptors (Lipinski definition) is 2. The van der Waals surface area contributed by atoms with Crippen LogP contribution in [-0.2, 0) is 16.0 Å². The Morgan fingerprint density at radius 2 is 1.46 bits per heavy atom. The van der Waals surface area contributed by atoms with Gasteiger partial charge in [0.25, 0.3) is 0 Å². The summed E-state index contributed by atoms with van der Waals surface area (Å²) in [6.45, 7) is 9.29. The third kappa shape index (κ3) is 5.12. The van der Waals surface area contributed by atoms with E-state index in [1.54, 1.807) is 12.1 Å². The van der Waals surface area contributed by atoms with Gasteiger partial charge in [-0.3, -0.25) is 9.59 Å². The fraction of sp³-hybridized carbons (Fsp3) is 0.652. The van der Waals surface area contributed by atoms with E-state index in [0.29, 0.717) is 37.5 Å². The molecule has 1 aliphatic carbocycles. The second kappa shape index (κ2) is 8.62. The van der Waals surface area contributed by atoms with Gasteiger partial charge in [0.2, 0.25) is 11.8 Å². The molecule has 154 valence electrons. The lowest BCUT2D eigenvalue weighted by Crippen LogP contribution is -2.52. The van der Waals surface area contributed by atoms with Crippen LogP contribution in [0, 0.1) is 23.1 Å². The molecular weight excluding hydrogens is 355 g/mol. The van der Waals surface area contributed by atoms with Crippen LogP contribution in [0.2, 0.25) is 0 Å². The summed E-state index contributed by atoms with van der Waals surface area (Å²) in [6, 6.07) is 6.07. The Bertz CT molecular complexity index is 680. The zero-order valence-electron chi connectivity index (χ0n) is 17.4. The van der Waals surface area contributed by atoms with Gasteiger partial charge in [-0.15, -0.1) is 0 Å². The monoisotopic (exact) mass is 388 g/mol. The van der Waals surface area contributed by atoms with Crippen LogP contribution >= 0.6 is 0 Å². The molecule has 28 heavy (non-hydrogen) atoms. The van der Waals surface area contributed by atoms with Crippen LogP contribution in [0.25, 0.3) is 0 Å². The second-order valence-corrected chi connectivity index (χ2v) is 9.42. The minimum absolute atomic E-state index is 0.0457. The Hall–Kier alpha value is -1.91. The Morgan fingerprint density at radius 3 is 2.00 bits per heavy atom. The minimum Gasteiger partial charge on any atom is -0.339 e. The summed E-state index contributed by atoms with van der Waals surface area (Å²) in [5, 5.41) is 0. The lowest BCUT2D eigenvalue weighted by Gasteiger charge is -2.40. The van der Waals surface area contributed by atoms with E-state index in [1.807, 2.05) is 9.80 Å². The lowest BCUT2D eigenvalue weighted by molar-refractivity contribution is -0.143. The summed E-state index contributed by atoms with van der Waals surface area (Å²) in [5.74, 6) is 0.889. The van der Waals surface area contributed by atoms with Gasteiger partial charge in [0.1, 0.15) is 5.82 Å². The van der Waals surface area contributed by atoms with E-state index in [4.69, 9.17) is 0 Å². The topological polar surface area (TPSA) is 40.6 Å². The summed E-state index contributed by atoms with van der Waals surface area (Å²) < 4.78 is 13.0. The van der Waals surface area contributed by atoms with Crippen molar-refractivity contribution in [3.63, 3.8) is 0 Å². The maximum Gasteiger partial charge on any atom is 0.227 e. The van der Waals surface area contributed by atoms with Crippen molar-refractivity contribution in [1.29, 1.82) is 0 Å². The molecule has 2 amide bonds. The molecule has 2 aliphatic rings. The smallest absolute Gasteiger partial charge is 0.227 e. The zero-order valence-corrected chi connectivity index (χ0v) is 17.4. The molecule has 0 N–H and O–H groups in total. The van der Waals surface area contributed by atoms with Crippen molar-refractivity contribution < 1.29 is 14.0 Å². The van der Waals surface area contributed by atoms with Gasteiger partial charge in [0.05, 0.1) is 6.42 Å². The van der Waals surface area contributed by atoms with Crippen molar-refractivity contribution in [2.45, 2.75) is 52.9 Å². The molecule has 0 spiro atoms. The van der Waals surface area contributed by atoms with E-state index in [0.717, 1.165) is 31.2 Å². The van der Waals surface area contributed by atoms with Gasteiger partial charge >= 0.3 is 0 Å².